The monoisotopic (exact) mass is 224 g/mol. The number of hydrogen-bond donors (Lipinski definition) is 2. The fourth-order valence-corrected chi connectivity index (χ4v) is 3.25. The van der Waals surface area contributed by atoms with Crippen LogP contribution in [0, 0.1) is 11.8 Å². The summed E-state index contributed by atoms with van der Waals surface area (Å²) in [6.45, 7) is 5.65. The summed E-state index contributed by atoms with van der Waals surface area (Å²) in [5.41, 5.74) is 0. The highest BCUT2D eigenvalue weighted by molar-refractivity contribution is 5.78. The summed E-state index contributed by atoms with van der Waals surface area (Å²) in [5, 5.41) is 6.64. The first-order valence-corrected chi connectivity index (χ1v) is 6.66. The molecule has 3 heteroatoms. The van der Waals surface area contributed by atoms with Crippen molar-refractivity contribution in [3.8, 4) is 0 Å². The average Bonchev–Trinajstić information content (AvgIpc) is 2.60. The van der Waals surface area contributed by atoms with Crippen LogP contribution < -0.4 is 10.6 Å². The molecule has 3 nitrogen and oxygen atoms in total. The van der Waals surface area contributed by atoms with Crippen LogP contribution in [0.2, 0.25) is 0 Å². The van der Waals surface area contributed by atoms with E-state index in [-0.39, 0.29) is 5.91 Å². The van der Waals surface area contributed by atoms with Crippen molar-refractivity contribution >= 4 is 5.91 Å². The fraction of sp³-hybridized carbons (Fsp3) is 0.923. The average molecular weight is 224 g/mol. The van der Waals surface area contributed by atoms with Crippen LogP contribution >= 0.6 is 0 Å². The Hall–Kier alpha value is -0.570. The largest absolute Gasteiger partial charge is 0.352 e. The van der Waals surface area contributed by atoms with E-state index in [0.29, 0.717) is 18.5 Å². The molecule has 1 aliphatic heterocycles. The molecule has 3 unspecified atom stereocenters. The van der Waals surface area contributed by atoms with Crippen molar-refractivity contribution < 1.29 is 4.79 Å². The molecule has 1 saturated heterocycles. The van der Waals surface area contributed by atoms with Crippen molar-refractivity contribution in [1.29, 1.82) is 0 Å². The van der Waals surface area contributed by atoms with Gasteiger partial charge in [0, 0.05) is 25.0 Å². The molecule has 2 aliphatic rings. The highest BCUT2D eigenvalue weighted by Crippen LogP contribution is 2.28. The smallest absolute Gasteiger partial charge is 0.220 e. The molecule has 16 heavy (non-hydrogen) atoms. The zero-order chi connectivity index (χ0) is 11.5. The van der Waals surface area contributed by atoms with E-state index < -0.39 is 0 Å². The summed E-state index contributed by atoms with van der Waals surface area (Å²) >= 11 is 0. The number of rotatable bonds is 3. The maximum atomic E-state index is 11.1. The molecule has 0 bridgehead atoms. The summed E-state index contributed by atoms with van der Waals surface area (Å²) in [5.74, 6) is 1.91. The first kappa shape index (κ1) is 11.9. The van der Waals surface area contributed by atoms with Crippen LogP contribution in [-0.4, -0.2) is 24.5 Å². The molecule has 0 aromatic carbocycles. The Kier molecular flexibility index (Phi) is 3.85. The molecule has 2 fully saturated rings. The van der Waals surface area contributed by atoms with Gasteiger partial charge in [0.25, 0.3) is 0 Å². The lowest BCUT2D eigenvalue weighted by Gasteiger charge is -2.32. The lowest BCUT2D eigenvalue weighted by atomic mass is 9.80. The predicted molar refractivity (Wildman–Crippen MR) is 65.1 cm³/mol. The molecule has 2 N–H and O–H groups in total. The summed E-state index contributed by atoms with van der Waals surface area (Å²) in [6.07, 6.45) is 5.68. The number of carbonyl (C=O) groups is 1. The van der Waals surface area contributed by atoms with Crippen molar-refractivity contribution in [2.24, 2.45) is 11.8 Å². The molecule has 3 atom stereocenters. The molecule has 0 aromatic heterocycles. The van der Waals surface area contributed by atoms with E-state index in [2.05, 4.69) is 24.5 Å². The third-order valence-electron chi connectivity index (χ3n) is 3.92. The first-order chi connectivity index (χ1) is 7.63. The van der Waals surface area contributed by atoms with E-state index in [4.69, 9.17) is 0 Å². The maximum absolute atomic E-state index is 11.1. The molecule has 1 heterocycles. The van der Waals surface area contributed by atoms with Crippen LogP contribution in [0.5, 0.6) is 0 Å². The van der Waals surface area contributed by atoms with Gasteiger partial charge in [-0.25, -0.2) is 0 Å². The van der Waals surface area contributed by atoms with Crippen molar-refractivity contribution in [3.63, 3.8) is 0 Å². The molecule has 0 radical (unpaired) electrons. The van der Waals surface area contributed by atoms with E-state index in [0.717, 1.165) is 24.8 Å². The molecule has 1 amide bonds. The van der Waals surface area contributed by atoms with Crippen LogP contribution in [0.15, 0.2) is 0 Å². The molecule has 1 aliphatic carbocycles. The third kappa shape index (κ3) is 3.21. The van der Waals surface area contributed by atoms with Crippen LogP contribution in [0.4, 0.5) is 0 Å². The second-order valence-electron chi connectivity index (χ2n) is 5.83. The molecule has 1 saturated carbocycles. The van der Waals surface area contributed by atoms with Crippen molar-refractivity contribution in [2.45, 2.75) is 58.0 Å². The Bertz CT molecular complexity index is 244. The Morgan fingerprint density at radius 2 is 1.94 bits per heavy atom. The summed E-state index contributed by atoms with van der Waals surface area (Å²) in [6, 6.07) is 1.04. The summed E-state index contributed by atoms with van der Waals surface area (Å²) < 4.78 is 0. The number of nitrogens with one attached hydrogen (secondary N) is 2. The standard InChI is InChI=1S/C13H24N2O/c1-9-5-10(2)7-12(6-9)14-8-11-3-4-13(16)15-11/h9-12,14H,3-8H2,1-2H3,(H,15,16). The van der Waals surface area contributed by atoms with E-state index in [1.807, 2.05) is 0 Å². The van der Waals surface area contributed by atoms with Gasteiger partial charge in [0.05, 0.1) is 0 Å². The zero-order valence-corrected chi connectivity index (χ0v) is 10.5. The number of amides is 1. The van der Waals surface area contributed by atoms with Crippen molar-refractivity contribution in [1.82, 2.24) is 10.6 Å². The quantitative estimate of drug-likeness (QED) is 0.766. The molecule has 92 valence electrons. The fourth-order valence-electron chi connectivity index (χ4n) is 3.25. The minimum atomic E-state index is 0.220. The molecule has 2 rings (SSSR count). The van der Waals surface area contributed by atoms with Gasteiger partial charge in [-0.2, -0.15) is 0 Å². The lowest BCUT2D eigenvalue weighted by Crippen LogP contribution is -2.43. The Balaban J connectivity index is 1.71. The van der Waals surface area contributed by atoms with Gasteiger partial charge < -0.3 is 10.6 Å². The molecule has 0 spiro atoms. The molecular weight excluding hydrogens is 200 g/mol. The van der Waals surface area contributed by atoms with Crippen LogP contribution in [0.25, 0.3) is 0 Å². The van der Waals surface area contributed by atoms with E-state index in [1.165, 1.54) is 19.3 Å². The minimum absolute atomic E-state index is 0.220. The van der Waals surface area contributed by atoms with Crippen LogP contribution in [0.3, 0.4) is 0 Å². The van der Waals surface area contributed by atoms with Crippen molar-refractivity contribution in [3.05, 3.63) is 0 Å². The van der Waals surface area contributed by atoms with Crippen LogP contribution in [0.1, 0.15) is 46.0 Å². The van der Waals surface area contributed by atoms with Gasteiger partial charge in [-0.3, -0.25) is 4.79 Å². The highest BCUT2D eigenvalue weighted by Gasteiger charge is 2.25. The van der Waals surface area contributed by atoms with Gasteiger partial charge in [-0.05, 0) is 37.5 Å². The van der Waals surface area contributed by atoms with Gasteiger partial charge in [-0.1, -0.05) is 13.8 Å². The Morgan fingerprint density at radius 3 is 2.50 bits per heavy atom. The first-order valence-electron chi connectivity index (χ1n) is 6.66. The maximum Gasteiger partial charge on any atom is 0.220 e. The van der Waals surface area contributed by atoms with E-state index in [9.17, 15) is 4.79 Å². The second kappa shape index (κ2) is 5.17. The Morgan fingerprint density at radius 1 is 1.25 bits per heavy atom. The van der Waals surface area contributed by atoms with Crippen molar-refractivity contribution in [2.75, 3.05) is 6.54 Å². The van der Waals surface area contributed by atoms with Gasteiger partial charge in [0.2, 0.25) is 5.91 Å². The SMILES string of the molecule is CC1CC(C)CC(NCC2CCC(=O)N2)C1. The number of hydrogen-bond acceptors (Lipinski definition) is 2. The van der Waals surface area contributed by atoms with Gasteiger partial charge in [0.1, 0.15) is 0 Å². The number of carbonyl (C=O) groups excluding carboxylic acids is 1. The van der Waals surface area contributed by atoms with E-state index in [1.54, 1.807) is 0 Å². The third-order valence-corrected chi connectivity index (χ3v) is 3.92. The van der Waals surface area contributed by atoms with E-state index >= 15 is 0 Å². The summed E-state index contributed by atoms with van der Waals surface area (Å²) in [7, 11) is 0. The van der Waals surface area contributed by atoms with Gasteiger partial charge in [0.15, 0.2) is 0 Å². The summed E-state index contributed by atoms with van der Waals surface area (Å²) in [4.78, 5) is 11.1. The Labute approximate surface area is 98.4 Å². The zero-order valence-electron chi connectivity index (χ0n) is 10.5. The van der Waals surface area contributed by atoms with Gasteiger partial charge >= 0.3 is 0 Å². The second-order valence-corrected chi connectivity index (χ2v) is 5.83. The predicted octanol–water partition coefficient (Wildman–Crippen LogP) is 1.68. The topological polar surface area (TPSA) is 41.1 Å². The molecular formula is C13H24N2O. The normalized spacial score (nSPS) is 39.8. The lowest BCUT2D eigenvalue weighted by molar-refractivity contribution is -0.119. The minimum Gasteiger partial charge on any atom is -0.352 e. The van der Waals surface area contributed by atoms with Crippen LogP contribution in [-0.2, 0) is 4.79 Å². The molecule has 0 aromatic rings. The highest BCUT2D eigenvalue weighted by atomic mass is 16.1. The van der Waals surface area contributed by atoms with Gasteiger partial charge in [-0.15, -0.1) is 0 Å².